The molecule has 0 saturated heterocycles. The summed E-state index contributed by atoms with van der Waals surface area (Å²) >= 11 is 0. The summed E-state index contributed by atoms with van der Waals surface area (Å²) in [6.07, 6.45) is -0.557. The van der Waals surface area contributed by atoms with Gasteiger partial charge in [0.25, 0.3) is 0 Å². The molecule has 4 nitrogen and oxygen atoms in total. The molecule has 3 N–H and O–H groups in total. The van der Waals surface area contributed by atoms with E-state index in [1.54, 1.807) is 26.0 Å². The number of hydrogen-bond donors (Lipinski definition) is 2. The lowest BCUT2D eigenvalue weighted by molar-refractivity contribution is 0.130. The van der Waals surface area contributed by atoms with Gasteiger partial charge in [0.15, 0.2) is 0 Å². The van der Waals surface area contributed by atoms with Crippen LogP contribution in [0, 0.1) is 0 Å². The predicted octanol–water partition coefficient (Wildman–Crippen LogP) is 2.52. The second-order valence-electron chi connectivity index (χ2n) is 3.48. The summed E-state index contributed by atoms with van der Waals surface area (Å²) in [6.45, 7) is 4.10. The van der Waals surface area contributed by atoms with Crippen molar-refractivity contribution in [2.75, 3.05) is 5.32 Å². The molecule has 0 radical (unpaired) electrons. The Morgan fingerprint density at radius 1 is 1.38 bits per heavy atom. The maximum atomic E-state index is 11.2. The molecule has 0 atom stereocenters. The molecule has 0 bridgehead atoms. The Morgan fingerprint density at radius 3 is 2.38 bits per heavy atom. The van der Waals surface area contributed by atoms with Crippen LogP contribution < -0.4 is 11.1 Å². The van der Waals surface area contributed by atoms with E-state index in [2.05, 4.69) is 5.32 Å². The molecule has 0 aromatic heterocycles. The summed E-state index contributed by atoms with van der Waals surface area (Å²) < 4.78 is 4.94. The van der Waals surface area contributed by atoms with Gasteiger partial charge in [-0.15, -0.1) is 12.4 Å². The first-order valence-corrected chi connectivity index (χ1v) is 4.88. The average Bonchev–Trinajstić information content (AvgIpc) is 2.17. The summed E-state index contributed by atoms with van der Waals surface area (Å²) in [5.41, 5.74) is 7.19. The van der Waals surface area contributed by atoms with E-state index in [0.29, 0.717) is 12.2 Å². The Hall–Kier alpha value is -1.26. The minimum absolute atomic E-state index is 0. The number of carbonyl (C=O) groups is 1. The molecule has 0 aliphatic carbocycles. The highest BCUT2D eigenvalue weighted by atomic mass is 35.5. The van der Waals surface area contributed by atoms with Crippen LogP contribution in [-0.2, 0) is 11.3 Å². The van der Waals surface area contributed by atoms with Crippen molar-refractivity contribution < 1.29 is 9.53 Å². The molecule has 0 heterocycles. The van der Waals surface area contributed by atoms with Gasteiger partial charge in [-0.2, -0.15) is 0 Å². The minimum atomic E-state index is -0.439. The third-order valence-corrected chi connectivity index (χ3v) is 1.78. The fraction of sp³-hybridized carbons (Fsp3) is 0.364. The first-order chi connectivity index (χ1) is 7.11. The van der Waals surface area contributed by atoms with E-state index in [1.165, 1.54) is 0 Å². The molecule has 90 valence electrons. The smallest absolute Gasteiger partial charge is 0.411 e. The van der Waals surface area contributed by atoms with Crippen LogP contribution >= 0.6 is 12.4 Å². The largest absolute Gasteiger partial charge is 0.447 e. The van der Waals surface area contributed by atoms with Crippen LogP contribution in [0.3, 0.4) is 0 Å². The van der Waals surface area contributed by atoms with E-state index < -0.39 is 6.09 Å². The lowest BCUT2D eigenvalue weighted by Gasteiger charge is -2.09. The van der Waals surface area contributed by atoms with Gasteiger partial charge in [-0.05, 0) is 31.5 Å². The average molecular weight is 245 g/mol. The maximum Gasteiger partial charge on any atom is 0.411 e. The molecule has 0 spiro atoms. The fourth-order valence-electron chi connectivity index (χ4n) is 1.09. The molecule has 1 rings (SSSR count). The summed E-state index contributed by atoms with van der Waals surface area (Å²) in [4.78, 5) is 11.2. The normalized spacial score (nSPS) is 9.50. The highest BCUT2D eigenvalue weighted by Crippen LogP contribution is 2.09. The van der Waals surface area contributed by atoms with Crippen molar-refractivity contribution in [2.24, 2.45) is 5.73 Å². The van der Waals surface area contributed by atoms with Gasteiger partial charge in [-0.25, -0.2) is 4.79 Å². The SMILES string of the molecule is CC(C)OC(=O)Nc1ccc(CN)cc1.Cl. The quantitative estimate of drug-likeness (QED) is 0.859. The first-order valence-electron chi connectivity index (χ1n) is 4.88. The van der Waals surface area contributed by atoms with Crippen molar-refractivity contribution in [3.63, 3.8) is 0 Å². The van der Waals surface area contributed by atoms with Gasteiger partial charge in [0.1, 0.15) is 0 Å². The summed E-state index contributed by atoms with van der Waals surface area (Å²) in [5.74, 6) is 0. The van der Waals surface area contributed by atoms with Crippen molar-refractivity contribution in [2.45, 2.75) is 26.5 Å². The molecule has 5 heteroatoms. The van der Waals surface area contributed by atoms with Crippen LogP contribution in [0.5, 0.6) is 0 Å². The van der Waals surface area contributed by atoms with Gasteiger partial charge in [0.05, 0.1) is 6.10 Å². The molecule has 0 aliphatic rings. The number of benzene rings is 1. The maximum absolute atomic E-state index is 11.2. The molecule has 1 aromatic carbocycles. The number of rotatable bonds is 3. The number of anilines is 1. The summed E-state index contributed by atoms with van der Waals surface area (Å²) in [6, 6.07) is 7.32. The highest BCUT2D eigenvalue weighted by Gasteiger charge is 2.04. The zero-order valence-corrected chi connectivity index (χ0v) is 10.2. The Bertz CT molecular complexity index is 325. The van der Waals surface area contributed by atoms with Gasteiger partial charge < -0.3 is 10.5 Å². The molecule has 0 saturated carbocycles. The second kappa shape index (κ2) is 7.09. The number of halogens is 1. The Morgan fingerprint density at radius 2 is 1.94 bits per heavy atom. The van der Waals surface area contributed by atoms with E-state index >= 15 is 0 Å². The standard InChI is InChI=1S/C11H16N2O2.ClH/c1-8(2)15-11(14)13-10-5-3-9(7-12)4-6-10;/h3-6,8H,7,12H2,1-2H3,(H,13,14);1H. The van der Waals surface area contributed by atoms with Crippen molar-refractivity contribution in [3.05, 3.63) is 29.8 Å². The van der Waals surface area contributed by atoms with Crippen LogP contribution in [0.1, 0.15) is 19.4 Å². The topological polar surface area (TPSA) is 64.3 Å². The number of nitrogens with two attached hydrogens (primary N) is 1. The van der Waals surface area contributed by atoms with Crippen LogP contribution in [0.15, 0.2) is 24.3 Å². The molecule has 0 aliphatic heterocycles. The lowest BCUT2D eigenvalue weighted by atomic mass is 10.2. The Balaban J connectivity index is 0.00000225. The first kappa shape index (κ1) is 14.7. The molecule has 0 unspecified atom stereocenters. The third-order valence-electron chi connectivity index (χ3n) is 1.78. The number of nitrogens with one attached hydrogen (secondary N) is 1. The number of hydrogen-bond acceptors (Lipinski definition) is 3. The van der Waals surface area contributed by atoms with Gasteiger partial charge in [-0.1, -0.05) is 12.1 Å². The van der Waals surface area contributed by atoms with Crippen LogP contribution in [-0.4, -0.2) is 12.2 Å². The summed E-state index contributed by atoms with van der Waals surface area (Å²) in [5, 5.41) is 2.62. The third kappa shape index (κ3) is 5.00. The number of ether oxygens (including phenoxy) is 1. The van der Waals surface area contributed by atoms with Crippen LogP contribution in [0.25, 0.3) is 0 Å². The highest BCUT2D eigenvalue weighted by molar-refractivity contribution is 5.85. The predicted molar refractivity (Wildman–Crippen MR) is 66.8 cm³/mol. The molecule has 1 aromatic rings. The van der Waals surface area contributed by atoms with Crippen molar-refractivity contribution >= 4 is 24.2 Å². The monoisotopic (exact) mass is 244 g/mol. The van der Waals surface area contributed by atoms with Crippen molar-refractivity contribution in [3.8, 4) is 0 Å². The molecule has 16 heavy (non-hydrogen) atoms. The van der Waals surface area contributed by atoms with E-state index in [0.717, 1.165) is 5.56 Å². The van der Waals surface area contributed by atoms with E-state index in [-0.39, 0.29) is 18.5 Å². The second-order valence-corrected chi connectivity index (χ2v) is 3.48. The van der Waals surface area contributed by atoms with Crippen LogP contribution in [0.4, 0.5) is 10.5 Å². The Kier molecular flexibility index (Phi) is 6.53. The van der Waals surface area contributed by atoms with Gasteiger partial charge in [0.2, 0.25) is 0 Å². The van der Waals surface area contributed by atoms with E-state index in [1.807, 2.05) is 12.1 Å². The summed E-state index contributed by atoms with van der Waals surface area (Å²) in [7, 11) is 0. The van der Waals surface area contributed by atoms with Gasteiger partial charge in [-0.3, -0.25) is 5.32 Å². The molecular formula is C11H17ClN2O2. The molecule has 1 amide bonds. The van der Waals surface area contributed by atoms with Crippen molar-refractivity contribution in [1.82, 2.24) is 0 Å². The van der Waals surface area contributed by atoms with E-state index in [9.17, 15) is 4.79 Å². The zero-order valence-electron chi connectivity index (χ0n) is 9.40. The number of carbonyl (C=O) groups excluding carboxylic acids is 1. The Labute approximate surface area is 102 Å². The van der Waals surface area contributed by atoms with E-state index in [4.69, 9.17) is 10.5 Å². The fourth-order valence-corrected chi connectivity index (χ4v) is 1.09. The minimum Gasteiger partial charge on any atom is -0.447 e. The lowest BCUT2D eigenvalue weighted by Crippen LogP contribution is -2.17. The van der Waals surface area contributed by atoms with Crippen molar-refractivity contribution in [1.29, 1.82) is 0 Å². The zero-order chi connectivity index (χ0) is 11.3. The molecule has 0 fully saturated rings. The van der Waals surface area contributed by atoms with Gasteiger partial charge in [0, 0.05) is 12.2 Å². The molecular weight excluding hydrogens is 228 g/mol. The van der Waals surface area contributed by atoms with Crippen LogP contribution in [0.2, 0.25) is 0 Å². The van der Waals surface area contributed by atoms with Gasteiger partial charge >= 0.3 is 6.09 Å². The number of amides is 1.